The lowest BCUT2D eigenvalue weighted by molar-refractivity contribution is 0.246. The molecule has 2 aromatic carbocycles. The number of aromatic nitrogens is 2. The van der Waals surface area contributed by atoms with Gasteiger partial charge in [-0.15, -0.1) is 0 Å². The fraction of sp³-hybridized carbons (Fsp3) is 0.348. The van der Waals surface area contributed by atoms with E-state index in [0.29, 0.717) is 18.9 Å². The molecule has 1 aliphatic heterocycles. The van der Waals surface area contributed by atoms with Gasteiger partial charge in [0.1, 0.15) is 0 Å². The Morgan fingerprint density at radius 2 is 1.80 bits per heavy atom. The summed E-state index contributed by atoms with van der Waals surface area (Å²) in [5.74, 6) is 0.482. The van der Waals surface area contributed by atoms with Crippen LogP contribution in [0, 0.1) is 0 Å². The van der Waals surface area contributed by atoms with Crippen LogP contribution in [0.3, 0.4) is 0 Å². The molecular formula is C23H27N5O2. The largest absolute Gasteiger partial charge is 0.352 e. The molecule has 2 amide bonds. The minimum atomic E-state index is -0.197. The number of para-hydroxylation sites is 2. The molecule has 4 rings (SSSR count). The number of carbonyl (C=O) groups is 1. The van der Waals surface area contributed by atoms with Gasteiger partial charge in [0.05, 0.1) is 11.0 Å². The van der Waals surface area contributed by atoms with Gasteiger partial charge in [-0.3, -0.25) is 4.79 Å². The highest BCUT2D eigenvalue weighted by Crippen LogP contribution is 2.18. The average Bonchev–Trinajstić information content (AvgIpc) is 2.77. The molecule has 7 heteroatoms. The van der Waals surface area contributed by atoms with Crippen LogP contribution in [0.4, 0.5) is 16.3 Å². The summed E-state index contributed by atoms with van der Waals surface area (Å²) in [5.41, 5.74) is 3.57. The fourth-order valence-corrected chi connectivity index (χ4v) is 3.88. The number of nitrogens with zero attached hydrogens (tertiary/aromatic N) is 3. The van der Waals surface area contributed by atoms with Gasteiger partial charge >= 0.3 is 6.03 Å². The molecule has 2 heterocycles. The molecule has 3 aromatic rings. The van der Waals surface area contributed by atoms with Crippen LogP contribution in [-0.2, 0) is 13.5 Å². The van der Waals surface area contributed by atoms with Crippen LogP contribution in [0.2, 0.25) is 0 Å². The number of hydrogen-bond acceptors (Lipinski definition) is 4. The SMILES string of the molecule is CCc1ccc(NC(=O)NC2CCN(c3nc4ccccc4n(C)c3=O)CC2)cc1. The Balaban J connectivity index is 1.37. The van der Waals surface area contributed by atoms with E-state index in [1.807, 2.05) is 53.4 Å². The molecule has 0 saturated carbocycles. The predicted octanol–water partition coefficient (Wildman–Crippen LogP) is 3.29. The molecule has 1 aliphatic rings. The first-order valence-electron chi connectivity index (χ1n) is 10.4. The number of carbonyl (C=O) groups excluding carboxylic acids is 1. The third-order valence-corrected chi connectivity index (χ3v) is 5.72. The van der Waals surface area contributed by atoms with Crippen LogP contribution in [0.5, 0.6) is 0 Å². The molecular weight excluding hydrogens is 378 g/mol. The highest BCUT2D eigenvalue weighted by Gasteiger charge is 2.24. The van der Waals surface area contributed by atoms with E-state index >= 15 is 0 Å². The van der Waals surface area contributed by atoms with Gasteiger partial charge in [-0.1, -0.05) is 31.2 Å². The van der Waals surface area contributed by atoms with Crippen molar-refractivity contribution in [3.05, 3.63) is 64.4 Å². The highest BCUT2D eigenvalue weighted by molar-refractivity contribution is 5.89. The lowest BCUT2D eigenvalue weighted by Crippen LogP contribution is -2.47. The minimum Gasteiger partial charge on any atom is -0.352 e. The van der Waals surface area contributed by atoms with Crippen LogP contribution < -0.4 is 21.1 Å². The molecule has 1 fully saturated rings. The summed E-state index contributed by atoms with van der Waals surface area (Å²) < 4.78 is 1.65. The molecule has 156 valence electrons. The number of benzene rings is 2. The summed E-state index contributed by atoms with van der Waals surface area (Å²) >= 11 is 0. The number of aryl methyl sites for hydroxylation is 2. The smallest absolute Gasteiger partial charge is 0.319 e. The van der Waals surface area contributed by atoms with Crippen molar-refractivity contribution in [3.63, 3.8) is 0 Å². The van der Waals surface area contributed by atoms with E-state index in [-0.39, 0.29) is 17.6 Å². The van der Waals surface area contributed by atoms with E-state index in [1.165, 1.54) is 5.56 Å². The quantitative estimate of drug-likeness (QED) is 0.698. The summed E-state index contributed by atoms with van der Waals surface area (Å²) in [4.78, 5) is 31.7. The Morgan fingerprint density at radius 1 is 1.10 bits per heavy atom. The zero-order chi connectivity index (χ0) is 21.1. The average molecular weight is 406 g/mol. The van der Waals surface area contributed by atoms with Crippen LogP contribution in [0.15, 0.2) is 53.3 Å². The fourth-order valence-electron chi connectivity index (χ4n) is 3.88. The Hall–Kier alpha value is -3.35. The molecule has 0 unspecified atom stereocenters. The third kappa shape index (κ3) is 4.15. The maximum Gasteiger partial charge on any atom is 0.319 e. The summed E-state index contributed by atoms with van der Waals surface area (Å²) in [6.45, 7) is 3.46. The number of piperidine rings is 1. The van der Waals surface area contributed by atoms with E-state index < -0.39 is 0 Å². The number of rotatable bonds is 4. The van der Waals surface area contributed by atoms with Gasteiger partial charge < -0.3 is 20.1 Å². The van der Waals surface area contributed by atoms with Crippen molar-refractivity contribution < 1.29 is 4.79 Å². The number of amides is 2. The maximum absolute atomic E-state index is 12.8. The zero-order valence-electron chi connectivity index (χ0n) is 17.4. The standard InChI is InChI=1S/C23H27N5O2/c1-3-16-8-10-17(11-9-16)24-23(30)25-18-12-14-28(15-13-18)21-22(29)27(2)20-7-5-4-6-19(20)26-21/h4-11,18H,3,12-15H2,1-2H3,(H2,24,25,30). The van der Waals surface area contributed by atoms with Crippen LogP contribution >= 0.6 is 0 Å². The Labute approximate surface area is 175 Å². The molecule has 7 nitrogen and oxygen atoms in total. The number of hydrogen-bond donors (Lipinski definition) is 2. The van der Waals surface area contributed by atoms with Crippen LogP contribution in [0.1, 0.15) is 25.3 Å². The number of nitrogens with one attached hydrogen (secondary N) is 2. The molecule has 0 aliphatic carbocycles. The van der Waals surface area contributed by atoms with Crippen molar-refractivity contribution >= 4 is 28.6 Å². The number of anilines is 2. The van der Waals surface area contributed by atoms with Crippen molar-refractivity contribution in [1.82, 2.24) is 14.9 Å². The Morgan fingerprint density at radius 3 is 2.50 bits per heavy atom. The second-order valence-corrected chi connectivity index (χ2v) is 7.70. The van der Waals surface area contributed by atoms with Crippen molar-refractivity contribution in [2.75, 3.05) is 23.3 Å². The Kier molecular flexibility index (Phi) is 5.70. The lowest BCUT2D eigenvalue weighted by atomic mass is 10.1. The van der Waals surface area contributed by atoms with Crippen molar-refractivity contribution in [1.29, 1.82) is 0 Å². The first-order valence-corrected chi connectivity index (χ1v) is 10.4. The van der Waals surface area contributed by atoms with Gasteiger partial charge in [0.15, 0.2) is 5.82 Å². The molecule has 1 aromatic heterocycles. The van der Waals surface area contributed by atoms with E-state index in [0.717, 1.165) is 36.0 Å². The molecule has 2 N–H and O–H groups in total. The second kappa shape index (κ2) is 8.57. The monoisotopic (exact) mass is 405 g/mol. The van der Waals surface area contributed by atoms with E-state index in [2.05, 4.69) is 22.5 Å². The number of urea groups is 1. The summed E-state index contributed by atoms with van der Waals surface area (Å²) in [5, 5.41) is 5.93. The summed E-state index contributed by atoms with van der Waals surface area (Å²) in [6.07, 6.45) is 2.50. The highest BCUT2D eigenvalue weighted by atomic mass is 16.2. The molecule has 0 atom stereocenters. The molecule has 0 bridgehead atoms. The van der Waals surface area contributed by atoms with Crippen molar-refractivity contribution in [2.45, 2.75) is 32.2 Å². The minimum absolute atomic E-state index is 0.0699. The van der Waals surface area contributed by atoms with E-state index in [9.17, 15) is 9.59 Å². The first-order chi connectivity index (χ1) is 14.5. The number of fused-ring (bicyclic) bond motifs is 1. The zero-order valence-corrected chi connectivity index (χ0v) is 17.4. The maximum atomic E-state index is 12.8. The lowest BCUT2D eigenvalue weighted by Gasteiger charge is -2.33. The van der Waals surface area contributed by atoms with Gasteiger partial charge in [-0.2, -0.15) is 0 Å². The van der Waals surface area contributed by atoms with Gasteiger partial charge in [-0.25, -0.2) is 9.78 Å². The predicted molar refractivity (Wildman–Crippen MR) is 120 cm³/mol. The van der Waals surface area contributed by atoms with Crippen molar-refractivity contribution in [2.24, 2.45) is 7.05 Å². The second-order valence-electron chi connectivity index (χ2n) is 7.70. The van der Waals surface area contributed by atoms with Crippen LogP contribution in [0.25, 0.3) is 11.0 Å². The topological polar surface area (TPSA) is 79.3 Å². The third-order valence-electron chi connectivity index (χ3n) is 5.72. The van der Waals surface area contributed by atoms with Crippen LogP contribution in [-0.4, -0.2) is 34.7 Å². The summed E-state index contributed by atoms with van der Waals surface area (Å²) in [7, 11) is 1.78. The molecule has 1 saturated heterocycles. The van der Waals surface area contributed by atoms with Gasteiger partial charge in [0.25, 0.3) is 5.56 Å². The van der Waals surface area contributed by atoms with E-state index in [1.54, 1.807) is 11.6 Å². The van der Waals surface area contributed by atoms with Gasteiger partial charge in [-0.05, 0) is 49.1 Å². The summed E-state index contributed by atoms with van der Waals surface area (Å²) in [6, 6.07) is 15.4. The van der Waals surface area contributed by atoms with Gasteiger partial charge in [0, 0.05) is 31.9 Å². The molecule has 0 spiro atoms. The normalized spacial score (nSPS) is 14.7. The molecule has 30 heavy (non-hydrogen) atoms. The van der Waals surface area contributed by atoms with E-state index in [4.69, 9.17) is 0 Å². The van der Waals surface area contributed by atoms with Crippen molar-refractivity contribution in [3.8, 4) is 0 Å². The molecule has 0 radical (unpaired) electrons. The Bertz CT molecular complexity index is 1100. The first kappa shape index (κ1) is 19.9. The van der Waals surface area contributed by atoms with Gasteiger partial charge in [0.2, 0.25) is 0 Å².